The van der Waals surface area contributed by atoms with E-state index in [1.807, 2.05) is 55.4 Å². The Kier molecular flexibility index (Phi) is 35.2. The predicted octanol–water partition coefficient (Wildman–Crippen LogP) is 11.0. The zero-order chi connectivity index (χ0) is 82.1. The van der Waals surface area contributed by atoms with Gasteiger partial charge < -0.3 is 54.0 Å². The third-order valence-electron chi connectivity index (χ3n) is 19.6. The fourth-order valence-electron chi connectivity index (χ4n) is 13.1. The zero-order valence-electron chi connectivity index (χ0n) is 66.3. The van der Waals surface area contributed by atoms with Crippen molar-refractivity contribution in [1.29, 1.82) is 0 Å². The minimum absolute atomic E-state index is 0.00154. The van der Waals surface area contributed by atoms with E-state index in [0.29, 0.717) is 100 Å². The Hall–Kier alpha value is -7.29. The summed E-state index contributed by atoms with van der Waals surface area (Å²) < 4.78 is 155. The Morgan fingerprint density at radius 1 is 0.486 bits per heavy atom. The van der Waals surface area contributed by atoms with Gasteiger partial charge in [-0.05, 0) is 226 Å². The molecule has 0 radical (unpaired) electrons. The second-order valence-corrected chi connectivity index (χ2v) is 39.9. The number of sulfone groups is 4. The summed E-state index contributed by atoms with van der Waals surface area (Å²) >= 11 is 0. The second kappa shape index (κ2) is 42.2. The molecule has 4 amide bonds. The molecule has 5 fully saturated rings. The van der Waals surface area contributed by atoms with E-state index in [-0.39, 0.29) is 128 Å². The normalized spacial score (nSPS) is 18.5. The van der Waals surface area contributed by atoms with Gasteiger partial charge in [0.15, 0.2) is 39.3 Å². The summed E-state index contributed by atoms with van der Waals surface area (Å²) in [6.07, 6.45) is 10.8. The van der Waals surface area contributed by atoms with Gasteiger partial charge in [0.05, 0.1) is 66.5 Å². The van der Waals surface area contributed by atoms with Crippen molar-refractivity contribution < 1.29 is 95.1 Å². The molecule has 0 aliphatic carbocycles. The fourth-order valence-corrected chi connectivity index (χ4v) is 19.5. The minimum Gasteiger partial charge on any atom is -0.508 e. The number of hydrogen-bond donors (Lipinski definition) is 2. The fraction of sp³-hybridized carbons (Fsp3) is 0.588. The molecule has 5 aliphatic heterocycles. The molecule has 111 heavy (non-hydrogen) atoms. The monoisotopic (exact) mass is 1630 g/mol. The van der Waals surface area contributed by atoms with Crippen LogP contribution >= 0.6 is 0 Å². The highest BCUT2D eigenvalue weighted by Crippen LogP contribution is 2.37. The molecule has 4 aromatic carbocycles. The van der Waals surface area contributed by atoms with Crippen LogP contribution in [0, 0.1) is 23.7 Å². The molecule has 0 saturated carbocycles. The number of nitrogens with zero attached hydrogens (tertiary/aromatic N) is 4. The van der Waals surface area contributed by atoms with Crippen molar-refractivity contribution in [3.63, 3.8) is 0 Å². The highest BCUT2D eigenvalue weighted by Gasteiger charge is 2.52. The van der Waals surface area contributed by atoms with Crippen molar-refractivity contribution in [2.75, 3.05) is 95.1 Å². The van der Waals surface area contributed by atoms with Gasteiger partial charge in [-0.2, -0.15) is 0 Å². The first kappa shape index (κ1) is 92.6. The van der Waals surface area contributed by atoms with Crippen molar-refractivity contribution in [2.24, 2.45) is 29.4 Å². The standard InChI is InChI=1S/C25H36FNO6S.C21H32BNO5S.C19H27FN2O4S.C15H21NO4S/c1-19(16-27-14-6-5-7-23(27)28)18-34(30,31)22-11-9-21(10-12-22)32-17-20(15-26)8-13-24(29)33-25(2,3)4;1-16(14-23-13-7-6-8-19(23)24)15-29(25,26)18-11-9-17(10-12-18)22-27-20(2,3)21(4,5)28-22;1-15(12-22-9-3-2-4-19(22)23)14-27(24,25)18-7-5-17(6-8-18)26-13-16(10-20)11-21;1-12(10-16-9-3-2-4-15(16)18)11-21(19,20)14-7-5-13(17)6-8-14/h9-12,15,19H,5-8,13-14,16-18H2,1-4H3;9-12,16H,6-8,13-15H2,1-5H3;5-8,10,15H,2-4,9,11-14,21H2,1H3;5-8,12,17H,2-4,9-11H2,1H3/b20-15+;;16-10+;/t19-;16-;15-;12-/m1111/s1. The maximum absolute atomic E-state index is 13.2. The lowest BCUT2D eigenvalue weighted by molar-refractivity contribution is -0.154. The van der Waals surface area contributed by atoms with Crippen LogP contribution in [-0.2, 0) is 77.4 Å². The number of phenols is 1. The largest absolute Gasteiger partial charge is 0.508 e. The highest BCUT2D eigenvalue weighted by atomic mass is 32.2. The van der Waals surface area contributed by atoms with Crippen LogP contribution in [-0.4, -0.2) is 207 Å². The van der Waals surface area contributed by atoms with E-state index < -0.39 is 69.2 Å². The molecule has 0 unspecified atom stereocenters. The minimum atomic E-state index is -3.53. The van der Waals surface area contributed by atoms with Crippen molar-refractivity contribution in [2.45, 2.75) is 202 Å². The average molecular weight is 1630 g/mol. The molecule has 0 aromatic heterocycles. The van der Waals surface area contributed by atoms with Gasteiger partial charge in [-0.1, -0.05) is 39.8 Å². The van der Waals surface area contributed by atoms with Crippen LogP contribution in [0.3, 0.4) is 0 Å². The first-order valence-corrected chi connectivity index (χ1v) is 44.9. The summed E-state index contributed by atoms with van der Waals surface area (Å²) in [4.78, 5) is 67.3. The Morgan fingerprint density at radius 2 is 0.775 bits per heavy atom. The maximum Gasteiger partial charge on any atom is 0.494 e. The number of carbonyl (C=O) groups is 5. The number of halogens is 2. The Balaban J connectivity index is 0.000000234. The molecule has 24 nitrogen and oxygen atoms in total. The van der Waals surface area contributed by atoms with Gasteiger partial charge in [0.1, 0.15) is 36.1 Å². The number of benzene rings is 4. The summed E-state index contributed by atoms with van der Waals surface area (Å²) in [5.41, 5.74) is 5.29. The molecule has 616 valence electrons. The smallest absolute Gasteiger partial charge is 0.494 e. The van der Waals surface area contributed by atoms with E-state index in [4.69, 9.17) is 29.3 Å². The van der Waals surface area contributed by atoms with Crippen molar-refractivity contribution >= 4 is 81.5 Å². The van der Waals surface area contributed by atoms with Crippen molar-refractivity contribution in [3.05, 3.63) is 121 Å². The molecule has 5 saturated heterocycles. The second-order valence-electron chi connectivity index (χ2n) is 31.7. The molecule has 4 atom stereocenters. The number of hydrogen-bond acceptors (Lipinski definition) is 20. The summed E-state index contributed by atoms with van der Waals surface area (Å²) in [6, 6.07) is 24.3. The van der Waals surface area contributed by atoms with Gasteiger partial charge in [-0.25, -0.2) is 42.5 Å². The lowest BCUT2D eigenvalue weighted by atomic mass is 9.79. The average Bonchev–Trinajstić information content (AvgIpc) is 1.63. The SMILES string of the molecule is C[C@H](CN1CCCCC1=O)CS(=O)(=O)c1ccc(B2OC(C)(C)C(C)(C)O2)cc1.C[C@H](CN1CCCCC1=O)CS(=O)(=O)c1ccc(O)cc1.C[C@H](CN1CCCCC1=O)CS(=O)(=O)c1ccc(OC/C(=C/F)CCC(=O)OC(C)(C)C)cc1.C[C@H](CN1CCCCC1=O)CS(=O)(=O)c1ccc(OC/C(=C/F)CN)cc1. The van der Waals surface area contributed by atoms with Crippen LogP contribution < -0.4 is 20.7 Å². The van der Waals surface area contributed by atoms with E-state index in [2.05, 4.69) is 0 Å². The molecule has 5 heterocycles. The quantitative estimate of drug-likeness (QED) is 0.0349. The molecule has 9 rings (SSSR count). The van der Waals surface area contributed by atoms with Crippen molar-refractivity contribution in [3.8, 4) is 17.2 Å². The third kappa shape index (κ3) is 30.2. The maximum atomic E-state index is 13.2. The zero-order valence-corrected chi connectivity index (χ0v) is 69.6. The lowest BCUT2D eigenvalue weighted by Gasteiger charge is -2.32. The van der Waals surface area contributed by atoms with Crippen LogP contribution in [0.25, 0.3) is 0 Å². The van der Waals surface area contributed by atoms with Crippen LogP contribution in [0.5, 0.6) is 17.2 Å². The molecular formula is C80H116BF2N5O19S4. The molecule has 4 aromatic rings. The number of nitrogens with two attached hydrogens (primary N) is 1. The summed E-state index contributed by atoms with van der Waals surface area (Å²) in [5, 5.41) is 9.21. The topological polar surface area (TPSA) is 327 Å². The van der Waals surface area contributed by atoms with E-state index in [9.17, 15) is 71.5 Å². The number of rotatable bonds is 31. The molecule has 31 heteroatoms. The Morgan fingerprint density at radius 3 is 1.05 bits per heavy atom. The number of piperidine rings is 4. The first-order chi connectivity index (χ1) is 52.0. The lowest BCUT2D eigenvalue weighted by Crippen LogP contribution is -2.41. The first-order valence-electron chi connectivity index (χ1n) is 38.3. The highest BCUT2D eigenvalue weighted by molar-refractivity contribution is 7.92. The van der Waals surface area contributed by atoms with Gasteiger partial charge >= 0.3 is 13.1 Å². The molecule has 5 aliphatic rings. The summed E-state index contributed by atoms with van der Waals surface area (Å²) in [7, 11) is -14.3. The van der Waals surface area contributed by atoms with Crippen LogP contribution in [0.2, 0.25) is 0 Å². The number of carbonyl (C=O) groups excluding carboxylic acids is 5. The number of likely N-dealkylation sites (tertiary alicyclic amines) is 4. The van der Waals surface area contributed by atoms with Crippen molar-refractivity contribution in [1.82, 2.24) is 19.6 Å². The summed E-state index contributed by atoms with van der Waals surface area (Å²) in [6.45, 7) is 25.3. The number of phenolic OH excluding ortho intramolecular Hbond substituents is 1. The van der Waals surface area contributed by atoms with Crippen LogP contribution in [0.4, 0.5) is 8.78 Å². The summed E-state index contributed by atoms with van der Waals surface area (Å²) in [5.74, 6) is 0.246. The molecular weight excluding hydrogens is 1510 g/mol. The van der Waals surface area contributed by atoms with Gasteiger partial charge in [0.2, 0.25) is 23.6 Å². The number of esters is 1. The molecule has 0 spiro atoms. The number of amides is 4. The van der Waals surface area contributed by atoms with Gasteiger partial charge in [-0.15, -0.1) is 0 Å². The van der Waals surface area contributed by atoms with Crippen LogP contribution in [0.1, 0.15) is 166 Å². The molecule has 0 bridgehead atoms. The van der Waals surface area contributed by atoms with Gasteiger partial charge in [-0.3, -0.25) is 24.0 Å². The van der Waals surface area contributed by atoms with E-state index in [1.165, 1.54) is 72.8 Å². The van der Waals surface area contributed by atoms with Gasteiger partial charge in [0.25, 0.3) is 0 Å². The number of aromatic hydroxyl groups is 1. The Bertz CT molecular complexity index is 4240. The van der Waals surface area contributed by atoms with E-state index >= 15 is 0 Å². The van der Waals surface area contributed by atoms with Gasteiger partial charge in [0, 0.05) is 96.6 Å². The third-order valence-corrected chi connectivity index (χ3v) is 27.6. The van der Waals surface area contributed by atoms with E-state index in [1.54, 1.807) is 64.6 Å². The molecule has 3 N–H and O–H groups in total. The van der Waals surface area contributed by atoms with E-state index in [0.717, 1.165) is 69.9 Å². The number of ether oxygens (including phenoxy) is 3. The Labute approximate surface area is 657 Å². The van der Waals surface area contributed by atoms with Crippen LogP contribution in [0.15, 0.2) is 140 Å². The predicted molar refractivity (Wildman–Crippen MR) is 423 cm³/mol.